The normalized spacial score (nSPS) is 21.0. The number of nitrogens with one attached hydrogen (secondary N) is 1. The molecule has 1 rings (SSSR count). The Morgan fingerprint density at radius 1 is 1.78 bits per heavy atom. The van der Waals surface area contributed by atoms with Crippen molar-refractivity contribution in [3.8, 4) is 0 Å². The number of likely N-dealkylation sites (N-methyl/N-ethyl adjacent to an activating group) is 1. The quantitative estimate of drug-likeness (QED) is 0.475. The first-order valence-electron chi connectivity index (χ1n) is 2.93. The highest BCUT2D eigenvalue weighted by Gasteiger charge is 2.23. The van der Waals surface area contributed by atoms with Crippen molar-refractivity contribution < 1.29 is 4.79 Å². The van der Waals surface area contributed by atoms with E-state index in [9.17, 15) is 4.79 Å². The lowest BCUT2D eigenvalue weighted by molar-refractivity contribution is 0.164. The zero-order chi connectivity index (χ0) is 6.85. The predicted octanol–water partition coefficient (Wildman–Crippen LogP) is -1.03. The van der Waals surface area contributed by atoms with Gasteiger partial charge < -0.3 is 16.0 Å². The molecule has 0 aromatic carbocycles. The van der Waals surface area contributed by atoms with Crippen molar-refractivity contribution in [2.75, 3.05) is 20.1 Å². The molecule has 52 valence electrons. The fraction of sp³-hybridized carbons (Fsp3) is 0.800. The number of nitrogens with two attached hydrogens (primary N) is 1. The maximum Gasteiger partial charge on any atom is 0.312 e. The van der Waals surface area contributed by atoms with Crippen molar-refractivity contribution in [3.05, 3.63) is 0 Å². The van der Waals surface area contributed by atoms with Crippen LogP contribution in [0, 0.1) is 0 Å². The third-order valence-electron chi connectivity index (χ3n) is 1.41. The molecule has 4 nitrogen and oxygen atoms in total. The number of urea groups is 1. The monoisotopic (exact) mass is 129 g/mol. The van der Waals surface area contributed by atoms with Gasteiger partial charge in [0.05, 0.1) is 6.04 Å². The maximum atomic E-state index is 10.2. The molecule has 2 amide bonds. The summed E-state index contributed by atoms with van der Waals surface area (Å²) in [5, 5.41) is 2.61. The molecule has 0 bridgehead atoms. The number of carbonyl (C=O) groups is 1. The second-order valence-corrected chi connectivity index (χ2v) is 2.43. The summed E-state index contributed by atoms with van der Waals surface area (Å²) >= 11 is 0. The Balaban J connectivity index is 2.11. The largest absolute Gasteiger partial charge is 0.352 e. The van der Waals surface area contributed by atoms with Crippen LogP contribution >= 0.6 is 0 Å². The van der Waals surface area contributed by atoms with E-state index in [2.05, 4.69) is 10.2 Å². The van der Waals surface area contributed by atoms with Crippen LogP contribution in [0.25, 0.3) is 0 Å². The minimum Gasteiger partial charge on any atom is -0.352 e. The summed E-state index contributed by atoms with van der Waals surface area (Å²) in [6, 6.07) is -0.138. The zero-order valence-corrected chi connectivity index (χ0v) is 5.42. The molecule has 9 heavy (non-hydrogen) atoms. The number of nitrogens with zero attached hydrogens (tertiary/aromatic N) is 1. The summed E-state index contributed by atoms with van der Waals surface area (Å²) in [6.45, 7) is 1.84. The van der Waals surface area contributed by atoms with Gasteiger partial charge in [-0.3, -0.25) is 0 Å². The topological polar surface area (TPSA) is 58.4 Å². The number of carbonyl (C=O) groups excluding carboxylic acids is 1. The highest BCUT2D eigenvalue weighted by Crippen LogP contribution is 2.01. The van der Waals surface area contributed by atoms with E-state index in [-0.39, 0.29) is 6.04 Å². The SMILES string of the molecule is CN1CC(NC(N)=O)C1. The van der Waals surface area contributed by atoms with Gasteiger partial charge in [-0.05, 0) is 7.05 Å². The Morgan fingerprint density at radius 2 is 2.33 bits per heavy atom. The summed E-state index contributed by atoms with van der Waals surface area (Å²) in [5.74, 6) is 0. The Labute approximate surface area is 54.0 Å². The Bertz CT molecular complexity index is 119. The van der Waals surface area contributed by atoms with Crippen LogP contribution < -0.4 is 11.1 Å². The highest BCUT2D eigenvalue weighted by atomic mass is 16.2. The molecule has 1 saturated heterocycles. The first kappa shape index (κ1) is 6.35. The van der Waals surface area contributed by atoms with Crippen molar-refractivity contribution in [1.29, 1.82) is 0 Å². The molecule has 4 heteroatoms. The van der Waals surface area contributed by atoms with Gasteiger partial charge in [-0.2, -0.15) is 0 Å². The van der Waals surface area contributed by atoms with Crippen LogP contribution in [0.2, 0.25) is 0 Å². The minimum atomic E-state index is -0.423. The molecule has 0 radical (unpaired) electrons. The number of amides is 2. The summed E-state index contributed by atoms with van der Waals surface area (Å²) in [5.41, 5.74) is 4.88. The number of rotatable bonds is 1. The van der Waals surface area contributed by atoms with Crippen molar-refractivity contribution in [2.45, 2.75) is 6.04 Å². The van der Waals surface area contributed by atoms with Crippen LogP contribution in [0.4, 0.5) is 4.79 Å². The molecule has 1 aliphatic rings. The van der Waals surface area contributed by atoms with E-state index in [1.165, 1.54) is 0 Å². The van der Waals surface area contributed by atoms with Gasteiger partial charge in [0.15, 0.2) is 0 Å². The van der Waals surface area contributed by atoms with E-state index in [1.807, 2.05) is 7.05 Å². The van der Waals surface area contributed by atoms with Gasteiger partial charge in [-0.25, -0.2) is 4.79 Å². The van der Waals surface area contributed by atoms with Crippen LogP contribution in [0.15, 0.2) is 0 Å². The maximum absolute atomic E-state index is 10.2. The van der Waals surface area contributed by atoms with E-state index >= 15 is 0 Å². The molecule has 1 fully saturated rings. The van der Waals surface area contributed by atoms with E-state index in [0.717, 1.165) is 13.1 Å². The lowest BCUT2D eigenvalue weighted by Crippen LogP contribution is -2.58. The van der Waals surface area contributed by atoms with Crippen molar-refractivity contribution >= 4 is 6.03 Å². The number of hydrogen-bond acceptors (Lipinski definition) is 2. The van der Waals surface area contributed by atoms with Crippen LogP contribution in [-0.2, 0) is 0 Å². The fourth-order valence-electron chi connectivity index (χ4n) is 0.991. The molecule has 3 N–H and O–H groups in total. The standard InChI is InChI=1S/C5H11N3O/c1-8-2-4(3-8)7-5(6)9/h4H,2-3H2,1H3,(H3,6,7,9). The summed E-state index contributed by atoms with van der Waals surface area (Å²) in [4.78, 5) is 12.3. The van der Waals surface area contributed by atoms with Crippen molar-refractivity contribution in [2.24, 2.45) is 5.73 Å². The third-order valence-corrected chi connectivity index (χ3v) is 1.41. The third kappa shape index (κ3) is 1.57. The van der Waals surface area contributed by atoms with E-state index in [1.54, 1.807) is 0 Å². The van der Waals surface area contributed by atoms with Crippen LogP contribution in [0.5, 0.6) is 0 Å². The average molecular weight is 129 g/mol. The Morgan fingerprint density at radius 3 is 2.67 bits per heavy atom. The van der Waals surface area contributed by atoms with Crippen molar-refractivity contribution in [3.63, 3.8) is 0 Å². The molecule has 0 atom stereocenters. The molecule has 0 saturated carbocycles. The van der Waals surface area contributed by atoms with E-state index in [4.69, 9.17) is 5.73 Å². The lowest BCUT2D eigenvalue weighted by Gasteiger charge is -2.35. The van der Waals surface area contributed by atoms with Crippen molar-refractivity contribution in [1.82, 2.24) is 10.2 Å². The Hall–Kier alpha value is -0.770. The van der Waals surface area contributed by atoms with Gasteiger partial charge in [0.2, 0.25) is 0 Å². The van der Waals surface area contributed by atoms with Gasteiger partial charge in [0.25, 0.3) is 0 Å². The fourth-order valence-corrected chi connectivity index (χ4v) is 0.991. The molecular formula is C5H11N3O. The summed E-state index contributed by atoms with van der Waals surface area (Å²) in [6.07, 6.45) is 0. The summed E-state index contributed by atoms with van der Waals surface area (Å²) < 4.78 is 0. The summed E-state index contributed by atoms with van der Waals surface area (Å²) in [7, 11) is 2.00. The van der Waals surface area contributed by atoms with Crippen LogP contribution in [0.1, 0.15) is 0 Å². The van der Waals surface area contributed by atoms with Gasteiger partial charge in [0.1, 0.15) is 0 Å². The second kappa shape index (κ2) is 2.23. The van der Waals surface area contributed by atoms with Crippen LogP contribution in [-0.4, -0.2) is 37.1 Å². The molecule has 0 aromatic rings. The van der Waals surface area contributed by atoms with Gasteiger partial charge in [0, 0.05) is 13.1 Å². The predicted molar refractivity (Wildman–Crippen MR) is 34.0 cm³/mol. The first-order valence-corrected chi connectivity index (χ1v) is 2.93. The molecule has 0 aromatic heterocycles. The van der Waals surface area contributed by atoms with Gasteiger partial charge in [-0.1, -0.05) is 0 Å². The second-order valence-electron chi connectivity index (χ2n) is 2.43. The minimum absolute atomic E-state index is 0.285. The molecule has 0 aliphatic carbocycles. The number of hydrogen-bond donors (Lipinski definition) is 2. The molecule has 1 heterocycles. The molecule has 0 spiro atoms. The number of primary amides is 1. The molecule has 1 aliphatic heterocycles. The lowest BCUT2D eigenvalue weighted by atomic mass is 10.1. The Kier molecular flexibility index (Phi) is 1.57. The van der Waals surface area contributed by atoms with E-state index < -0.39 is 6.03 Å². The van der Waals surface area contributed by atoms with Crippen LogP contribution in [0.3, 0.4) is 0 Å². The average Bonchev–Trinajstić information content (AvgIpc) is 1.60. The highest BCUT2D eigenvalue weighted by molar-refractivity contribution is 5.72. The number of likely N-dealkylation sites (tertiary alicyclic amines) is 1. The molecule has 0 unspecified atom stereocenters. The molecular weight excluding hydrogens is 118 g/mol. The van der Waals surface area contributed by atoms with Gasteiger partial charge in [-0.15, -0.1) is 0 Å². The van der Waals surface area contributed by atoms with E-state index in [0.29, 0.717) is 0 Å². The van der Waals surface area contributed by atoms with Gasteiger partial charge >= 0.3 is 6.03 Å². The smallest absolute Gasteiger partial charge is 0.312 e. The zero-order valence-electron chi connectivity index (χ0n) is 5.42. The first-order chi connectivity index (χ1) is 4.18.